The van der Waals surface area contributed by atoms with Crippen LogP contribution in [0.4, 0.5) is 10.3 Å². The van der Waals surface area contributed by atoms with Gasteiger partial charge in [-0.3, -0.25) is 4.57 Å². The zero-order valence-electron chi connectivity index (χ0n) is 13.5. The van der Waals surface area contributed by atoms with Gasteiger partial charge in [0.2, 0.25) is 5.95 Å². The molecule has 0 spiro atoms. The summed E-state index contributed by atoms with van der Waals surface area (Å²) in [5, 5.41) is 0.179. The molecule has 2 aromatic heterocycles. The van der Waals surface area contributed by atoms with Gasteiger partial charge in [-0.1, -0.05) is 29.3 Å². The highest BCUT2D eigenvalue weighted by molar-refractivity contribution is 7.99. The molecule has 9 heteroatoms. The molecule has 2 N–H and O–H groups in total. The number of hydrogen-bond acceptors (Lipinski definition) is 6. The number of ether oxygens (including phenoxy) is 1. The van der Waals surface area contributed by atoms with E-state index in [1.807, 2.05) is 31.2 Å². The number of aryl methyl sites for hydroxylation is 1. The van der Waals surface area contributed by atoms with Gasteiger partial charge in [-0.2, -0.15) is 9.97 Å². The maximum Gasteiger partial charge on any atom is 0.223 e. The Balaban J connectivity index is 1.62. The Bertz CT molecular complexity index is 858. The number of aromatic nitrogens is 4. The predicted octanol–water partition coefficient (Wildman–Crippen LogP) is 3.47. The van der Waals surface area contributed by atoms with Gasteiger partial charge in [0.15, 0.2) is 10.8 Å². The van der Waals surface area contributed by atoms with Crippen LogP contribution in [0.25, 0.3) is 11.2 Å². The molecule has 1 aromatic carbocycles. The Morgan fingerprint density at radius 3 is 2.80 bits per heavy atom. The summed E-state index contributed by atoms with van der Waals surface area (Å²) in [7, 11) is 0. The number of alkyl halides is 1. The minimum Gasteiger partial charge on any atom is -0.368 e. The molecule has 0 aliphatic carbocycles. The number of nitrogen functional groups attached to an aromatic ring is 1. The largest absolute Gasteiger partial charge is 0.368 e. The van der Waals surface area contributed by atoms with Crippen molar-refractivity contribution in [2.24, 2.45) is 0 Å². The second-order valence-electron chi connectivity index (χ2n) is 5.46. The van der Waals surface area contributed by atoms with Crippen molar-refractivity contribution in [3.05, 3.63) is 41.3 Å². The SMILES string of the molecule is Cc1ccc(SC[C@H](CF)OCn2cnc3c(Cl)nc(N)nc32)cc1. The number of anilines is 1. The Kier molecular flexibility index (Phi) is 5.72. The molecule has 0 amide bonds. The number of hydrogen-bond donors (Lipinski definition) is 1. The molecule has 0 bridgehead atoms. The number of thioether (sulfide) groups is 1. The molecule has 0 saturated carbocycles. The number of fused-ring (bicyclic) bond motifs is 1. The van der Waals surface area contributed by atoms with Crippen molar-refractivity contribution >= 4 is 40.5 Å². The van der Waals surface area contributed by atoms with Crippen LogP contribution < -0.4 is 5.73 Å². The minimum atomic E-state index is -0.580. The lowest BCUT2D eigenvalue weighted by Gasteiger charge is -2.15. The van der Waals surface area contributed by atoms with Gasteiger partial charge in [0.25, 0.3) is 0 Å². The number of halogens is 2. The smallest absolute Gasteiger partial charge is 0.223 e. The molecule has 25 heavy (non-hydrogen) atoms. The fourth-order valence-corrected chi connectivity index (χ4v) is 3.28. The second-order valence-corrected chi connectivity index (χ2v) is 6.91. The van der Waals surface area contributed by atoms with Crippen molar-refractivity contribution < 1.29 is 9.13 Å². The summed E-state index contributed by atoms with van der Waals surface area (Å²) in [6.45, 7) is 1.55. The van der Waals surface area contributed by atoms with Crippen LogP contribution in [0.5, 0.6) is 0 Å². The van der Waals surface area contributed by atoms with Crippen LogP contribution in [0.1, 0.15) is 5.56 Å². The maximum absolute atomic E-state index is 13.3. The van der Waals surface area contributed by atoms with E-state index >= 15 is 0 Å². The first kappa shape index (κ1) is 17.9. The monoisotopic (exact) mass is 381 g/mol. The Hall–Kier alpha value is -1.90. The molecule has 0 radical (unpaired) electrons. The van der Waals surface area contributed by atoms with E-state index in [1.165, 1.54) is 11.9 Å². The Morgan fingerprint density at radius 2 is 2.08 bits per heavy atom. The molecule has 0 aliphatic rings. The number of nitrogens with zero attached hydrogens (tertiary/aromatic N) is 4. The summed E-state index contributed by atoms with van der Waals surface area (Å²) in [4.78, 5) is 13.2. The normalized spacial score (nSPS) is 12.6. The topological polar surface area (TPSA) is 78.8 Å². The van der Waals surface area contributed by atoms with Crippen LogP contribution in [0.15, 0.2) is 35.5 Å². The third-order valence-corrected chi connectivity index (χ3v) is 4.92. The zero-order valence-corrected chi connectivity index (χ0v) is 15.1. The van der Waals surface area contributed by atoms with Crippen LogP contribution in [0.3, 0.4) is 0 Å². The molecule has 0 aliphatic heterocycles. The summed E-state index contributed by atoms with van der Waals surface area (Å²) in [6.07, 6.45) is 0.978. The first-order chi connectivity index (χ1) is 12.1. The maximum atomic E-state index is 13.3. The molecule has 0 saturated heterocycles. The highest BCUT2D eigenvalue weighted by atomic mass is 35.5. The minimum absolute atomic E-state index is 0.0521. The first-order valence-electron chi connectivity index (χ1n) is 7.57. The van der Waals surface area contributed by atoms with Gasteiger partial charge in [0.05, 0.1) is 12.4 Å². The first-order valence-corrected chi connectivity index (χ1v) is 8.94. The molecule has 0 fully saturated rings. The van der Waals surface area contributed by atoms with Crippen LogP contribution in [-0.4, -0.2) is 38.1 Å². The van der Waals surface area contributed by atoms with Gasteiger partial charge in [0, 0.05) is 10.6 Å². The second kappa shape index (κ2) is 7.99. The molecule has 0 unspecified atom stereocenters. The number of imidazole rings is 1. The van der Waals surface area contributed by atoms with Gasteiger partial charge in [-0.25, -0.2) is 9.37 Å². The summed E-state index contributed by atoms with van der Waals surface area (Å²) >= 11 is 7.53. The average Bonchev–Trinajstić information content (AvgIpc) is 3.00. The van der Waals surface area contributed by atoms with Gasteiger partial charge in [-0.05, 0) is 19.1 Å². The Labute approximate surface area is 153 Å². The van der Waals surface area contributed by atoms with Crippen molar-refractivity contribution in [3.63, 3.8) is 0 Å². The lowest BCUT2D eigenvalue weighted by molar-refractivity contribution is 0.00912. The fourth-order valence-electron chi connectivity index (χ4n) is 2.17. The highest BCUT2D eigenvalue weighted by Gasteiger charge is 2.14. The number of nitrogens with two attached hydrogens (primary N) is 1. The zero-order chi connectivity index (χ0) is 17.8. The van der Waals surface area contributed by atoms with Crippen molar-refractivity contribution in [2.45, 2.75) is 24.7 Å². The summed E-state index contributed by atoms with van der Waals surface area (Å²) < 4.78 is 20.5. The van der Waals surface area contributed by atoms with Crippen molar-refractivity contribution in [1.82, 2.24) is 19.5 Å². The Morgan fingerprint density at radius 1 is 1.32 bits per heavy atom. The molecule has 132 valence electrons. The molecule has 3 rings (SSSR count). The van der Waals surface area contributed by atoms with Crippen LogP contribution >= 0.6 is 23.4 Å². The van der Waals surface area contributed by atoms with E-state index in [1.54, 1.807) is 16.3 Å². The van der Waals surface area contributed by atoms with E-state index in [4.69, 9.17) is 22.1 Å². The molecule has 2 heterocycles. The van der Waals surface area contributed by atoms with Gasteiger partial charge >= 0.3 is 0 Å². The van der Waals surface area contributed by atoms with Crippen molar-refractivity contribution in [2.75, 3.05) is 18.2 Å². The highest BCUT2D eigenvalue weighted by Crippen LogP contribution is 2.22. The predicted molar refractivity (Wildman–Crippen MR) is 97.5 cm³/mol. The third kappa shape index (κ3) is 4.39. The van der Waals surface area contributed by atoms with Crippen molar-refractivity contribution in [1.29, 1.82) is 0 Å². The quantitative estimate of drug-likeness (QED) is 0.498. The molecule has 1 atom stereocenters. The molecular weight excluding hydrogens is 365 g/mol. The standard InChI is InChI=1S/C16H17ClFN5OS/c1-10-2-4-12(5-3-10)25-7-11(6-18)24-9-23-8-20-13-14(17)21-16(19)22-15(13)23/h2-5,8,11H,6-7,9H2,1H3,(H2,19,21,22)/t11-/m0/s1. The van der Waals surface area contributed by atoms with Crippen LogP contribution in [-0.2, 0) is 11.5 Å². The molecule has 3 aromatic rings. The lowest BCUT2D eigenvalue weighted by atomic mass is 10.2. The summed E-state index contributed by atoms with van der Waals surface area (Å²) in [5.74, 6) is 0.556. The number of benzene rings is 1. The molecule has 6 nitrogen and oxygen atoms in total. The third-order valence-electron chi connectivity index (χ3n) is 3.52. The van der Waals surface area contributed by atoms with E-state index < -0.39 is 12.8 Å². The van der Waals surface area contributed by atoms with Gasteiger partial charge in [0.1, 0.15) is 18.9 Å². The lowest BCUT2D eigenvalue weighted by Crippen LogP contribution is -2.20. The van der Waals surface area contributed by atoms with E-state index in [0.29, 0.717) is 16.9 Å². The van der Waals surface area contributed by atoms with Crippen LogP contribution in [0.2, 0.25) is 5.15 Å². The molecular formula is C16H17ClFN5OS. The summed E-state index contributed by atoms with van der Waals surface area (Å²) in [5.41, 5.74) is 7.69. The van der Waals surface area contributed by atoms with Gasteiger partial charge < -0.3 is 10.5 Å². The van der Waals surface area contributed by atoms with Crippen molar-refractivity contribution in [3.8, 4) is 0 Å². The summed E-state index contributed by atoms with van der Waals surface area (Å²) in [6, 6.07) is 8.08. The van der Waals surface area contributed by atoms with Crippen LogP contribution in [0, 0.1) is 6.92 Å². The van der Waals surface area contributed by atoms with E-state index in [9.17, 15) is 4.39 Å². The average molecular weight is 382 g/mol. The van der Waals surface area contributed by atoms with E-state index in [-0.39, 0.29) is 17.8 Å². The van der Waals surface area contributed by atoms with E-state index in [2.05, 4.69) is 15.0 Å². The number of rotatable bonds is 7. The van der Waals surface area contributed by atoms with Gasteiger partial charge in [-0.15, -0.1) is 11.8 Å². The van der Waals surface area contributed by atoms with E-state index in [0.717, 1.165) is 4.90 Å². The fraction of sp³-hybridized carbons (Fsp3) is 0.312.